The van der Waals surface area contributed by atoms with Gasteiger partial charge in [0.05, 0.1) is 0 Å². The van der Waals surface area contributed by atoms with Gasteiger partial charge >= 0.3 is 0 Å². The van der Waals surface area contributed by atoms with Gasteiger partial charge in [0.15, 0.2) is 11.5 Å². The summed E-state index contributed by atoms with van der Waals surface area (Å²) in [6, 6.07) is 15.3. The van der Waals surface area contributed by atoms with Crippen molar-refractivity contribution >= 4 is 0 Å². The Bertz CT molecular complexity index is 563. The van der Waals surface area contributed by atoms with Gasteiger partial charge in [0, 0.05) is 0 Å². The minimum atomic E-state index is 0.175. The average Bonchev–Trinajstić information content (AvgIpc) is 2.52. The molecule has 0 aliphatic heterocycles. The number of benzene rings is 2. The Labute approximate surface area is 127 Å². The lowest BCUT2D eigenvalue weighted by molar-refractivity contribution is 0.404. The van der Waals surface area contributed by atoms with Crippen molar-refractivity contribution in [1.29, 1.82) is 0 Å². The SMILES string of the molecule is CCCCC(CC)c1ccccc1Oc1ccccc1O. The summed E-state index contributed by atoms with van der Waals surface area (Å²) in [4.78, 5) is 0. The molecule has 0 aliphatic rings. The number of phenols is 1. The van der Waals surface area contributed by atoms with Crippen LogP contribution < -0.4 is 4.74 Å². The highest BCUT2D eigenvalue weighted by Gasteiger charge is 2.15. The van der Waals surface area contributed by atoms with Crippen LogP contribution in [0.1, 0.15) is 51.0 Å². The first-order chi connectivity index (χ1) is 10.3. The molecule has 21 heavy (non-hydrogen) atoms. The summed E-state index contributed by atoms with van der Waals surface area (Å²) in [5.41, 5.74) is 1.23. The Balaban J connectivity index is 2.26. The van der Waals surface area contributed by atoms with Crippen LogP contribution in [0.4, 0.5) is 0 Å². The molecular formula is C19H24O2. The smallest absolute Gasteiger partial charge is 0.169 e. The summed E-state index contributed by atoms with van der Waals surface area (Å²) in [6.45, 7) is 4.44. The number of phenolic OH excluding ortho intramolecular Hbond substituents is 1. The zero-order valence-electron chi connectivity index (χ0n) is 12.9. The fraction of sp³-hybridized carbons (Fsp3) is 0.368. The highest BCUT2D eigenvalue weighted by Crippen LogP contribution is 2.37. The summed E-state index contributed by atoms with van der Waals surface area (Å²) in [7, 11) is 0. The van der Waals surface area contributed by atoms with E-state index in [1.165, 1.54) is 24.8 Å². The van der Waals surface area contributed by atoms with Gasteiger partial charge in [0.1, 0.15) is 5.75 Å². The van der Waals surface area contributed by atoms with Crippen LogP contribution in [0.15, 0.2) is 48.5 Å². The Morgan fingerprint density at radius 3 is 2.29 bits per heavy atom. The van der Waals surface area contributed by atoms with Crippen molar-refractivity contribution in [1.82, 2.24) is 0 Å². The third-order valence-corrected chi connectivity index (χ3v) is 3.84. The molecule has 0 saturated heterocycles. The third kappa shape index (κ3) is 4.01. The lowest BCUT2D eigenvalue weighted by Gasteiger charge is -2.19. The van der Waals surface area contributed by atoms with Crippen LogP contribution in [0.2, 0.25) is 0 Å². The Morgan fingerprint density at radius 1 is 0.952 bits per heavy atom. The molecule has 1 N–H and O–H groups in total. The molecule has 0 radical (unpaired) electrons. The van der Waals surface area contributed by atoms with Crippen LogP contribution in [0.5, 0.6) is 17.2 Å². The third-order valence-electron chi connectivity index (χ3n) is 3.84. The number of hydrogen-bond acceptors (Lipinski definition) is 2. The number of unbranched alkanes of at least 4 members (excludes halogenated alkanes) is 1. The molecule has 0 fully saturated rings. The summed E-state index contributed by atoms with van der Waals surface area (Å²) in [5.74, 6) is 2.04. The Hall–Kier alpha value is -1.96. The molecule has 0 spiro atoms. The van der Waals surface area contributed by atoms with Gasteiger partial charge in [-0.1, -0.05) is 57.0 Å². The predicted molar refractivity (Wildman–Crippen MR) is 87.2 cm³/mol. The molecule has 0 bridgehead atoms. The van der Waals surface area contributed by atoms with E-state index in [-0.39, 0.29) is 5.75 Å². The topological polar surface area (TPSA) is 29.5 Å². The Kier molecular flexibility index (Phi) is 5.68. The maximum absolute atomic E-state index is 9.87. The van der Waals surface area contributed by atoms with Gasteiger partial charge in [-0.2, -0.15) is 0 Å². The van der Waals surface area contributed by atoms with Crippen molar-refractivity contribution in [3.63, 3.8) is 0 Å². The van der Waals surface area contributed by atoms with Gasteiger partial charge in [-0.05, 0) is 42.5 Å². The van der Waals surface area contributed by atoms with Crippen molar-refractivity contribution in [2.45, 2.75) is 45.4 Å². The summed E-state index contributed by atoms with van der Waals surface area (Å²) < 4.78 is 5.95. The number of hydrogen-bond donors (Lipinski definition) is 1. The quantitative estimate of drug-likeness (QED) is 0.689. The van der Waals surface area contributed by atoms with E-state index in [0.717, 1.165) is 12.2 Å². The molecule has 1 atom stereocenters. The van der Waals surface area contributed by atoms with Gasteiger partial charge in [0.25, 0.3) is 0 Å². The monoisotopic (exact) mass is 284 g/mol. The number of ether oxygens (including phenoxy) is 1. The molecule has 0 heterocycles. The second-order valence-corrected chi connectivity index (χ2v) is 5.36. The number of para-hydroxylation sites is 3. The minimum Gasteiger partial charge on any atom is -0.504 e. The predicted octanol–water partition coefficient (Wildman–Crippen LogP) is 5.87. The molecule has 2 heteroatoms. The molecule has 1 unspecified atom stereocenters. The standard InChI is InChI=1S/C19H24O2/c1-3-5-10-15(4-2)16-11-6-8-13-18(16)21-19-14-9-7-12-17(19)20/h6-9,11-15,20H,3-5,10H2,1-2H3. The van der Waals surface area contributed by atoms with Crippen LogP contribution in [0.3, 0.4) is 0 Å². The van der Waals surface area contributed by atoms with E-state index in [1.54, 1.807) is 18.2 Å². The van der Waals surface area contributed by atoms with Crippen LogP contribution in [0, 0.1) is 0 Å². The first-order valence-electron chi connectivity index (χ1n) is 7.81. The van der Waals surface area contributed by atoms with Crippen molar-refractivity contribution < 1.29 is 9.84 Å². The van der Waals surface area contributed by atoms with Gasteiger partial charge in [-0.25, -0.2) is 0 Å². The van der Waals surface area contributed by atoms with Crippen molar-refractivity contribution in [2.75, 3.05) is 0 Å². The van der Waals surface area contributed by atoms with Crippen LogP contribution in [-0.2, 0) is 0 Å². The van der Waals surface area contributed by atoms with E-state index in [2.05, 4.69) is 26.0 Å². The zero-order chi connectivity index (χ0) is 15.1. The summed E-state index contributed by atoms with van der Waals surface area (Å²) in [5, 5.41) is 9.87. The lowest BCUT2D eigenvalue weighted by Crippen LogP contribution is -2.00. The van der Waals surface area contributed by atoms with Crippen LogP contribution >= 0.6 is 0 Å². The van der Waals surface area contributed by atoms with E-state index in [9.17, 15) is 5.11 Å². The Morgan fingerprint density at radius 2 is 1.62 bits per heavy atom. The first-order valence-corrected chi connectivity index (χ1v) is 7.81. The largest absolute Gasteiger partial charge is 0.504 e. The first kappa shape index (κ1) is 15.4. The molecule has 2 aromatic carbocycles. The second-order valence-electron chi connectivity index (χ2n) is 5.36. The van der Waals surface area contributed by atoms with E-state index in [0.29, 0.717) is 11.7 Å². The maximum Gasteiger partial charge on any atom is 0.169 e. The highest BCUT2D eigenvalue weighted by molar-refractivity contribution is 5.45. The molecule has 112 valence electrons. The van der Waals surface area contributed by atoms with E-state index in [1.807, 2.05) is 18.2 Å². The van der Waals surface area contributed by atoms with E-state index in [4.69, 9.17) is 4.74 Å². The molecule has 0 amide bonds. The van der Waals surface area contributed by atoms with E-state index < -0.39 is 0 Å². The molecule has 2 aromatic rings. The van der Waals surface area contributed by atoms with Crippen LogP contribution in [0.25, 0.3) is 0 Å². The van der Waals surface area contributed by atoms with Crippen molar-refractivity contribution in [3.05, 3.63) is 54.1 Å². The van der Waals surface area contributed by atoms with Gasteiger partial charge in [-0.3, -0.25) is 0 Å². The second kappa shape index (κ2) is 7.72. The number of rotatable bonds is 7. The van der Waals surface area contributed by atoms with Gasteiger partial charge in [0.2, 0.25) is 0 Å². The van der Waals surface area contributed by atoms with Crippen molar-refractivity contribution in [3.8, 4) is 17.2 Å². The number of aromatic hydroxyl groups is 1. The maximum atomic E-state index is 9.87. The highest BCUT2D eigenvalue weighted by atomic mass is 16.5. The minimum absolute atomic E-state index is 0.175. The van der Waals surface area contributed by atoms with Gasteiger partial charge < -0.3 is 9.84 Å². The fourth-order valence-electron chi connectivity index (χ4n) is 2.60. The van der Waals surface area contributed by atoms with Crippen molar-refractivity contribution in [2.24, 2.45) is 0 Å². The fourth-order valence-corrected chi connectivity index (χ4v) is 2.60. The zero-order valence-corrected chi connectivity index (χ0v) is 12.9. The van der Waals surface area contributed by atoms with Crippen LogP contribution in [-0.4, -0.2) is 5.11 Å². The summed E-state index contributed by atoms with van der Waals surface area (Å²) in [6.07, 6.45) is 4.71. The van der Waals surface area contributed by atoms with Gasteiger partial charge in [-0.15, -0.1) is 0 Å². The van der Waals surface area contributed by atoms with E-state index >= 15 is 0 Å². The molecular weight excluding hydrogens is 260 g/mol. The lowest BCUT2D eigenvalue weighted by atomic mass is 9.90. The summed E-state index contributed by atoms with van der Waals surface area (Å²) >= 11 is 0. The molecule has 0 saturated carbocycles. The average molecular weight is 284 g/mol. The molecule has 2 nitrogen and oxygen atoms in total. The molecule has 2 rings (SSSR count). The normalized spacial score (nSPS) is 12.1. The molecule has 0 aromatic heterocycles. The molecule has 0 aliphatic carbocycles.